The second-order valence-electron chi connectivity index (χ2n) is 3.21. The number of Topliss-reactive ketones (excluding diaryl/α,β-unsaturated/α-hetero) is 1. The molecule has 1 aliphatic rings. The number of imidazole rings is 1. The Balaban J connectivity index is 1.97. The molecule has 4 heteroatoms. The molecule has 1 atom stereocenters. The monoisotopic (exact) mass is 196 g/mol. The lowest BCUT2D eigenvalue weighted by molar-refractivity contribution is -0.119. The summed E-state index contributed by atoms with van der Waals surface area (Å²) in [6, 6.07) is 0. The number of hydrogen-bond donors (Lipinski definition) is 1. The first-order valence-electron chi connectivity index (χ1n) is 4.55. The fourth-order valence-corrected chi connectivity index (χ4v) is 2.59. The maximum Gasteiger partial charge on any atom is 0.165 e. The highest BCUT2D eigenvalue weighted by atomic mass is 32.2. The largest absolute Gasteiger partial charge is 0.340 e. The number of aromatic amines is 1. The molecule has 1 aromatic heterocycles. The minimum absolute atomic E-state index is 0.139. The molecule has 0 aromatic carbocycles. The molecule has 1 N–H and O–H groups in total. The lowest BCUT2D eigenvalue weighted by Crippen LogP contribution is -2.21. The topological polar surface area (TPSA) is 45.8 Å². The van der Waals surface area contributed by atoms with Gasteiger partial charge >= 0.3 is 0 Å². The molecule has 1 heterocycles. The molecule has 13 heavy (non-hydrogen) atoms. The van der Waals surface area contributed by atoms with Crippen molar-refractivity contribution in [2.45, 2.75) is 36.1 Å². The molecule has 1 aliphatic carbocycles. The van der Waals surface area contributed by atoms with E-state index in [1.54, 1.807) is 24.2 Å². The third-order valence-electron chi connectivity index (χ3n) is 2.23. The van der Waals surface area contributed by atoms with Gasteiger partial charge in [0.05, 0.1) is 5.25 Å². The molecular weight excluding hydrogens is 184 g/mol. The van der Waals surface area contributed by atoms with E-state index < -0.39 is 0 Å². The molecule has 0 radical (unpaired) electrons. The fourth-order valence-electron chi connectivity index (χ4n) is 1.53. The molecule has 0 spiro atoms. The number of hydrogen-bond acceptors (Lipinski definition) is 3. The molecule has 1 unspecified atom stereocenters. The van der Waals surface area contributed by atoms with E-state index in [1.165, 1.54) is 6.42 Å². The SMILES string of the molecule is O=C1CCCCC1Sc1ncc[nH]1. The number of ketones is 1. The third kappa shape index (κ3) is 2.12. The second-order valence-corrected chi connectivity index (χ2v) is 4.40. The summed E-state index contributed by atoms with van der Waals surface area (Å²) in [5.74, 6) is 0.382. The summed E-state index contributed by atoms with van der Waals surface area (Å²) in [6.45, 7) is 0. The lowest BCUT2D eigenvalue weighted by Gasteiger charge is -2.18. The number of nitrogens with one attached hydrogen (secondary N) is 1. The van der Waals surface area contributed by atoms with Crippen LogP contribution in [0.15, 0.2) is 17.6 Å². The molecule has 1 saturated carbocycles. The Labute approximate surface area is 81.3 Å². The zero-order valence-corrected chi connectivity index (χ0v) is 8.14. The highest BCUT2D eigenvalue weighted by molar-refractivity contribution is 8.00. The van der Waals surface area contributed by atoms with Crippen LogP contribution in [0.25, 0.3) is 0 Å². The molecule has 3 nitrogen and oxygen atoms in total. The average Bonchev–Trinajstić information content (AvgIpc) is 2.61. The Morgan fingerprint density at radius 3 is 3.15 bits per heavy atom. The molecule has 0 saturated heterocycles. The van der Waals surface area contributed by atoms with Crippen LogP contribution < -0.4 is 0 Å². The van der Waals surface area contributed by atoms with Crippen molar-refractivity contribution in [3.63, 3.8) is 0 Å². The van der Waals surface area contributed by atoms with Crippen molar-refractivity contribution in [1.29, 1.82) is 0 Å². The van der Waals surface area contributed by atoms with Crippen molar-refractivity contribution >= 4 is 17.5 Å². The molecule has 0 bridgehead atoms. The quantitative estimate of drug-likeness (QED) is 0.787. The van der Waals surface area contributed by atoms with Gasteiger partial charge in [0, 0.05) is 18.8 Å². The van der Waals surface area contributed by atoms with Crippen LogP contribution in [0.1, 0.15) is 25.7 Å². The van der Waals surface area contributed by atoms with Gasteiger partial charge in [-0.3, -0.25) is 4.79 Å². The van der Waals surface area contributed by atoms with E-state index in [0.29, 0.717) is 5.78 Å². The van der Waals surface area contributed by atoms with Gasteiger partial charge in [-0.25, -0.2) is 4.98 Å². The van der Waals surface area contributed by atoms with Gasteiger partial charge in [0.25, 0.3) is 0 Å². The lowest BCUT2D eigenvalue weighted by atomic mass is 9.99. The number of aromatic nitrogens is 2. The van der Waals surface area contributed by atoms with Crippen LogP contribution in [0.4, 0.5) is 0 Å². The summed E-state index contributed by atoms with van der Waals surface area (Å²) in [5.41, 5.74) is 0. The molecule has 70 valence electrons. The first-order chi connectivity index (χ1) is 6.36. The highest BCUT2D eigenvalue weighted by Gasteiger charge is 2.23. The van der Waals surface area contributed by atoms with Crippen molar-refractivity contribution in [2.24, 2.45) is 0 Å². The van der Waals surface area contributed by atoms with Gasteiger partial charge < -0.3 is 4.98 Å². The Hall–Kier alpha value is -0.770. The molecule has 0 aliphatic heterocycles. The predicted octanol–water partition coefficient (Wildman–Crippen LogP) is 2.01. The van der Waals surface area contributed by atoms with Crippen LogP contribution in [-0.4, -0.2) is 21.0 Å². The van der Waals surface area contributed by atoms with Crippen LogP contribution in [-0.2, 0) is 4.79 Å². The standard InChI is InChI=1S/C9H12N2OS/c12-7-3-1-2-4-8(7)13-9-10-5-6-11-9/h5-6,8H,1-4H2,(H,10,11). The van der Waals surface area contributed by atoms with Gasteiger partial charge in [-0.15, -0.1) is 0 Å². The smallest absolute Gasteiger partial charge is 0.165 e. The van der Waals surface area contributed by atoms with E-state index in [9.17, 15) is 4.79 Å². The van der Waals surface area contributed by atoms with Crippen molar-refractivity contribution in [3.8, 4) is 0 Å². The van der Waals surface area contributed by atoms with E-state index >= 15 is 0 Å². The number of rotatable bonds is 2. The van der Waals surface area contributed by atoms with Gasteiger partial charge in [0.1, 0.15) is 5.78 Å². The molecule has 1 fully saturated rings. The minimum atomic E-state index is 0.139. The van der Waals surface area contributed by atoms with E-state index in [0.717, 1.165) is 24.4 Å². The zero-order chi connectivity index (χ0) is 9.10. The zero-order valence-electron chi connectivity index (χ0n) is 7.32. The second kappa shape index (κ2) is 3.96. The third-order valence-corrected chi connectivity index (χ3v) is 3.46. The van der Waals surface area contributed by atoms with E-state index in [2.05, 4.69) is 9.97 Å². The number of thioether (sulfide) groups is 1. The maximum absolute atomic E-state index is 11.5. The number of H-pyrrole nitrogens is 1. The summed E-state index contributed by atoms with van der Waals surface area (Å²) in [6.07, 6.45) is 7.49. The van der Waals surface area contributed by atoms with E-state index in [-0.39, 0.29) is 5.25 Å². The van der Waals surface area contributed by atoms with Crippen LogP contribution in [0.2, 0.25) is 0 Å². The molecule has 2 rings (SSSR count). The van der Waals surface area contributed by atoms with Gasteiger partial charge in [-0.2, -0.15) is 0 Å². The summed E-state index contributed by atoms with van der Waals surface area (Å²) in [7, 11) is 0. The summed E-state index contributed by atoms with van der Waals surface area (Å²) in [5, 5.41) is 1.00. The van der Waals surface area contributed by atoms with E-state index in [1.807, 2.05) is 0 Å². The predicted molar refractivity (Wildman–Crippen MR) is 51.7 cm³/mol. The van der Waals surface area contributed by atoms with Crippen LogP contribution in [0.5, 0.6) is 0 Å². The summed E-state index contributed by atoms with van der Waals surface area (Å²) < 4.78 is 0. The Bertz CT molecular complexity index is 284. The van der Waals surface area contributed by atoms with Gasteiger partial charge in [0.2, 0.25) is 0 Å². The molecular formula is C9H12N2OS. The maximum atomic E-state index is 11.5. The first-order valence-corrected chi connectivity index (χ1v) is 5.43. The van der Waals surface area contributed by atoms with Gasteiger partial charge in [0.15, 0.2) is 5.16 Å². The molecule has 1 aromatic rings. The van der Waals surface area contributed by atoms with Crippen LogP contribution >= 0.6 is 11.8 Å². The Kier molecular flexibility index (Phi) is 2.68. The first kappa shape index (κ1) is 8.81. The number of carbonyl (C=O) groups is 1. The van der Waals surface area contributed by atoms with Crippen molar-refractivity contribution in [3.05, 3.63) is 12.4 Å². The normalized spacial score (nSPS) is 23.4. The fraction of sp³-hybridized carbons (Fsp3) is 0.556. The van der Waals surface area contributed by atoms with Gasteiger partial charge in [-0.05, 0) is 12.8 Å². The number of carbonyl (C=O) groups excluding carboxylic acids is 1. The van der Waals surface area contributed by atoms with Crippen LogP contribution in [0.3, 0.4) is 0 Å². The van der Waals surface area contributed by atoms with Crippen LogP contribution in [0, 0.1) is 0 Å². The summed E-state index contributed by atoms with van der Waals surface area (Å²) >= 11 is 1.56. The Morgan fingerprint density at radius 2 is 2.46 bits per heavy atom. The van der Waals surface area contributed by atoms with Crippen molar-refractivity contribution in [2.75, 3.05) is 0 Å². The Morgan fingerprint density at radius 1 is 1.54 bits per heavy atom. The minimum Gasteiger partial charge on any atom is -0.340 e. The highest BCUT2D eigenvalue weighted by Crippen LogP contribution is 2.29. The van der Waals surface area contributed by atoms with Crippen molar-refractivity contribution < 1.29 is 4.79 Å². The average molecular weight is 196 g/mol. The van der Waals surface area contributed by atoms with E-state index in [4.69, 9.17) is 0 Å². The van der Waals surface area contributed by atoms with Gasteiger partial charge in [-0.1, -0.05) is 18.2 Å². The molecule has 0 amide bonds. The summed E-state index contributed by atoms with van der Waals surface area (Å²) in [4.78, 5) is 18.6. The number of nitrogens with zero attached hydrogens (tertiary/aromatic N) is 1. The van der Waals surface area contributed by atoms with Crippen molar-refractivity contribution in [1.82, 2.24) is 9.97 Å².